The summed E-state index contributed by atoms with van der Waals surface area (Å²) in [6, 6.07) is 1.70. The Morgan fingerprint density at radius 2 is 2.25 bits per heavy atom. The normalized spacial score (nSPS) is 11.1. The Morgan fingerprint density at radius 3 is 2.94 bits per heavy atom. The molecule has 2 N–H and O–H groups in total. The van der Waals surface area contributed by atoms with Crippen molar-refractivity contribution in [1.82, 2.24) is 19.9 Å². The number of nitrogens with one attached hydrogen (secondary N) is 1. The van der Waals surface area contributed by atoms with Crippen LogP contribution in [0.2, 0.25) is 0 Å². The van der Waals surface area contributed by atoms with Gasteiger partial charge in [-0.15, -0.1) is 11.3 Å². The third-order valence-electron chi connectivity index (χ3n) is 2.14. The lowest BCUT2D eigenvalue weighted by molar-refractivity contribution is 0.492. The molecule has 0 bridgehead atoms. The molecule has 0 aliphatic carbocycles. The molecule has 0 saturated heterocycles. The predicted molar refractivity (Wildman–Crippen MR) is 56.6 cm³/mol. The van der Waals surface area contributed by atoms with Crippen molar-refractivity contribution in [1.29, 1.82) is 0 Å². The molecule has 5 nitrogen and oxygen atoms in total. The number of fused-ring (bicyclic) bond motifs is 1. The Morgan fingerprint density at radius 1 is 1.38 bits per heavy atom. The predicted octanol–water partition coefficient (Wildman–Crippen LogP) is 1.93. The Bertz CT molecular complexity index is 662. The maximum absolute atomic E-state index is 13.3. The van der Waals surface area contributed by atoms with Crippen molar-refractivity contribution in [2.75, 3.05) is 0 Å². The average molecular weight is 236 g/mol. The van der Waals surface area contributed by atoms with Crippen LogP contribution in [0.15, 0.2) is 17.8 Å². The summed E-state index contributed by atoms with van der Waals surface area (Å²) in [7, 11) is 0. The van der Waals surface area contributed by atoms with Gasteiger partial charge in [0.15, 0.2) is 10.7 Å². The van der Waals surface area contributed by atoms with E-state index in [0.29, 0.717) is 11.4 Å². The fourth-order valence-electron chi connectivity index (χ4n) is 1.41. The lowest BCUT2D eigenvalue weighted by Gasteiger charge is -1.90. The molecule has 3 aromatic heterocycles. The van der Waals surface area contributed by atoms with Crippen molar-refractivity contribution in [2.45, 2.75) is 0 Å². The largest absolute Gasteiger partial charge is 0.499 e. The van der Waals surface area contributed by atoms with Crippen LogP contribution in [0.25, 0.3) is 22.6 Å². The molecule has 0 amide bonds. The number of aromatic hydroxyl groups is 1. The molecule has 0 spiro atoms. The summed E-state index contributed by atoms with van der Waals surface area (Å²) >= 11 is 1.18. The molecule has 7 heteroatoms. The lowest BCUT2D eigenvalue weighted by Crippen LogP contribution is -1.85. The van der Waals surface area contributed by atoms with Gasteiger partial charge >= 0.3 is 0 Å². The molecular weight excluding hydrogens is 231 g/mol. The number of aromatic nitrogens is 4. The highest BCUT2D eigenvalue weighted by atomic mass is 32.1. The van der Waals surface area contributed by atoms with Crippen molar-refractivity contribution >= 4 is 22.5 Å². The highest BCUT2D eigenvalue weighted by molar-refractivity contribution is 7.12. The molecule has 16 heavy (non-hydrogen) atoms. The van der Waals surface area contributed by atoms with Gasteiger partial charge in [0.2, 0.25) is 5.95 Å². The summed E-state index contributed by atoms with van der Waals surface area (Å²) < 4.78 is 13.3. The second kappa shape index (κ2) is 3.24. The first kappa shape index (κ1) is 9.22. The van der Waals surface area contributed by atoms with Gasteiger partial charge in [-0.2, -0.15) is 4.39 Å². The zero-order valence-corrected chi connectivity index (χ0v) is 8.62. The molecule has 0 aromatic carbocycles. The number of rotatable bonds is 1. The molecule has 80 valence electrons. The van der Waals surface area contributed by atoms with Crippen LogP contribution in [0.1, 0.15) is 0 Å². The monoisotopic (exact) mass is 236 g/mol. The zero-order valence-electron chi connectivity index (χ0n) is 7.81. The summed E-state index contributed by atoms with van der Waals surface area (Å²) in [6.07, 6.45) is 1.11. The minimum atomic E-state index is -0.654. The Balaban J connectivity index is 2.27. The molecular formula is C9H5FN4OS. The van der Waals surface area contributed by atoms with Crippen LogP contribution in [0.5, 0.6) is 5.06 Å². The van der Waals surface area contributed by atoms with Gasteiger partial charge in [-0.25, -0.2) is 15.0 Å². The smallest absolute Gasteiger partial charge is 0.242 e. The van der Waals surface area contributed by atoms with Crippen LogP contribution >= 0.6 is 11.3 Å². The van der Waals surface area contributed by atoms with E-state index in [4.69, 9.17) is 0 Å². The number of thiophene rings is 1. The van der Waals surface area contributed by atoms with E-state index < -0.39 is 5.95 Å². The maximum Gasteiger partial charge on any atom is 0.242 e. The Kier molecular flexibility index (Phi) is 1.87. The van der Waals surface area contributed by atoms with E-state index in [1.807, 2.05) is 0 Å². The van der Waals surface area contributed by atoms with Gasteiger partial charge in [-0.3, -0.25) is 0 Å². The summed E-state index contributed by atoms with van der Waals surface area (Å²) in [5, 5.41) is 11.4. The van der Waals surface area contributed by atoms with Crippen LogP contribution in [-0.4, -0.2) is 25.0 Å². The SMILES string of the molecule is Oc1sccc1-c1nc2ncnc(F)c2[nH]1. The van der Waals surface area contributed by atoms with Gasteiger partial charge in [0.25, 0.3) is 0 Å². The topological polar surface area (TPSA) is 74.7 Å². The van der Waals surface area contributed by atoms with Crippen molar-refractivity contribution in [3.05, 3.63) is 23.7 Å². The lowest BCUT2D eigenvalue weighted by atomic mass is 10.3. The van der Waals surface area contributed by atoms with Crippen LogP contribution in [0.4, 0.5) is 4.39 Å². The first-order valence-electron chi connectivity index (χ1n) is 4.39. The molecule has 3 aromatic rings. The zero-order chi connectivity index (χ0) is 11.1. The van der Waals surface area contributed by atoms with Crippen molar-refractivity contribution in [3.8, 4) is 16.5 Å². The van der Waals surface area contributed by atoms with E-state index >= 15 is 0 Å². The van der Waals surface area contributed by atoms with Gasteiger partial charge < -0.3 is 10.1 Å². The van der Waals surface area contributed by atoms with Crippen LogP contribution in [0, 0.1) is 5.95 Å². The second-order valence-electron chi connectivity index (χ2n) is 3.09. The number of aromatic amines is 1. The van der Waals surface area contributed by atoms with E-state index in [1.54, 1.807) is 11.4 Å². The van der Waals surface area contributed by atoms with Crippen molar-refractivity contribution < 1.29 is 9.50 Å². The highest BCUT2D eigenvalue weighted by Crippen LogP contribution is 2.32. The Hall–Kier alpha value is -2.02. The van der Waals surface area contributed by atoms with E-state index in [9.17, 15) is 9.50 Å². The average Bonchev–Trinajstić information content (AvgIpc) is 2.84. The molecule has 0 unspecified atom stereocenters. The maximum atomic E-state index is 13.3. The number of halogens is 1. The molecule has 0 radical (unpaired) electrons. The van der Waals surface area contributed by atoms with Gasteiger partial charge in [0.05, 0.1) is 5.56 Å². The number of H-pyrrole nitrogens is 1. The number of nitrogens with zero attached hydrogens (tertiary/aromatic N) is 3. The summed E-state index contributed by atoms with van der Waals surface area (Å²) in [5.41, 5.74) is 0.915. The van der Waals surface area contributed by atoms with Gasteiger partial charge in [-0.05, 0) is 11.4 Å². The standard InChI is InChI=1S/C9H5FN4OS/c10-6-5-8(12-3-11-6)14-7(13-5)4-1-2-16-9(4)15/h1-3,15H,(H,11,12,13,14). The molecule has 0 aliphatic rings. The first-order valence-corrected chi connectivity index (χ1v) is 5.26. The number of hydrogen-bond acceptors (Lipinski definition) is 5. The van der Waals surface area contributed by atoms with Crippen molar-refractivity contribution in [3.63, 3.8) is 0 Å². The molecule has 3 heterocycles. The van der Waals surface area contributed by atoms with E-state index in [0.717, 1.165) is 6.33 Å². The highest BCUT2D eigenvalue weighted by Gasteiger charge is 2.13. The van der Waals surface area contributed by atoms with E-state index in [-0.39, 0.29) is 16.2 Å². The number of hydrogen-bond donors (Lipinski definition) is 2. The fourth-order valence-corrected chi connectivity index (χ4v) is 2.03. The number of imidazole rings is 1. The van der Waals surface area contributed by atoms with Crippen LogP contribution < -0.4 is 0 Å². The van der Waals surface area contributed by atoms with Gasteiger partial charge in [0, 0.05) is 0 Å². The van der Waals surface area contributed by atoms with Crippen LogP contribution in [0.3, 0.4) is 0 Å². The van der Waals surface area contributed by atoms with Crippen molar-refractivity contribution in [2.24, 2.45) is 0 Å². The summed E-state index contributed by atoms with van der Waals surface area (Å²) in [5.74, 6) is -0.272. The van der Waals surface area contributed by atoms with Crippen LogP contribution in [-0.2, 0) is 0 Å². The quantitative estimate of drug-likeness (QED) is 0.633. The minimum Gasteiger partial charge on any atom is -0.499 e. The van der Waals surface area contributed by atoms with E-state index in [1.165, 1.54) is 11.3 Å². The molecule has 0 aliphatic heterocycles. The molecule has 0 fully saturated rings. The summed E-state index contributed by atoms with van der Waals surface area (Å²) in [4.78, 5) is 14.1. The third kappa shape index (κ3) is 1.25. The first-order chi connectivity index (χ1) is 7.75. The molecule has 3 rings (SSSR count). The fraction of sp³-hybridized carbons (Fsp3) is 0. The molecule has 0 saturated carbocycles. The summed E-state index contributed by atoms with van der Waals surface area (Å²) in [6.45, 7) is 0. The second-order valence-corrected chi connectivity index (χ2v) is 3.98. The van der Waals surface area contributed by atoms with Gasteiger partial charge in [-0.1, -0.05) is 0 Å². The van der Waals surface area contributed by atoms with E-state index in [2.05, 4.69) is 19.9 Å². The minimum absolute atomic E-state index is 0.132. The Labute approximate surface area is 92.6 Å². The molecule has 0 atom stereocenters. The van der Waals surface area contributed by atoms with Gasteiger partial charge in [0.1, 0.15) is 17.7 Å². The third-order valence-corrected chi connectivity index (χ3v) is 2.86.